The maximum atomic E-state index is 11.7. The number of carbonyl (C=O) groups excluding carboxylic acids is 3. The zero-order valence-corrected chi connectivity index (χ0v) is 22.0. The molecule has 2 rings (SSSR count). The number of nitrogens with zero attached hydrogens (tertiary/aromatic N) is 4. The molecule has 0 saturated heterocycles. The molecule has 0 atom stereocenters. The molecule has 12 heteroatoms. The molecule has 0 saturated carbocycles. The van der Waals surface area contributed by atoms with Crippen molar-refractivity contribution in [3.63, 3.8) is 0 Å². The lowest BCUT2D eigenvalue weighted by Crippen LogP contribution is -2.27. The first-order valence-electron chi connectivity index (χ1n) is 13.1. The highest BCUT2D eigenvalue weighted by Crippen LogP contribution is 2.09. The smallest absolute Gasteiger partial charge is 0.407 e. The van der Waals surface area contributed by atoms with Gasteiger partial charge in [0.25, 0.3) is 0 Å². The molecule has 0 spiro atoms. The van der Waals surface area contributed by atoms with Gasteiger partial charge in [0.05, 0.1) is 25.7 Å². The largest absolute Gasteiger partial charge is 0.462 e. The Hall–Kier alpha value is -3.83. The predicted octanol–water partition coefficient (Wildman–Crippen LogP) is 3.45. The molecule has 0 aliphatic heterocycles. The van der Waals surface area contributed by atoms with Gasteiger partial charge in [-0.2, -0.15) is 0 Å². The Morgan fingerprint density at radius 1 is 0.684 bits per heavy atom. The van der Waals surface area contributed by atoms with Gasteiger partial charge in [0.2, 0.25) is 0 Å². The van der Waals surface area contributed by atoms with E-state index < -0.39 is 12.2 Å². The molecule has 2 N–H and O–H groups in total. The molecule has 2 amide bonds. The summed E-state index contributed by atoms with van der Waals surface area (Å²) in [7, 11) is 0. The van der Waals surface area contributed by atoms with Crippen molar-refractivity contribution in [2.45, 2.75) is 64.5 Å². The highest BCUT2D eigenvalue weighted by atomic mass is 16.6. The lowest BCUT2D eigenvalue weighted by molar-refractivity contribution is -0.144. The average molecular weight is 533 g/mol. The van der Waals surface area contributed by atoms with Gasteiger partial charge in [-0.1, -0.05) is 25.0 Å². The minimum Gasteiger partial charge on any atom is -0.462 e. The second kappa shape index (κ2) is 19.3. The molecule has 0 aromatic carbocycles. The third-order valence-corrected chi connectivity index (χ3v) is 5.55. The van der Waals surface area contributed by atoms with Gasteiger partial charge in [0.15, 0.2) is 0 Å². The van der Waals surface area contributed by atoms with Crippen LogP contribution in [0.2, 0.25) is 0 Å². The van der Waals surface area contributed by atoms with E-state index in [2.05, 4.69) is 27.2 Å². The van der Waals surface area contributed by atoms with Gasteiger partial charge >= 0.3 is 18.2 Å². The number of carbonyl (C=O) groups is 3. The molecule has 0 radical (unpaired) electrons. The van der Waals surface area contributed by atoms with Crippen LogP contribution in [0.4, 0.5) is 9.59 Å². The molecule has 2 heterocycles. The predicted molar refractivity (Wildman–Crippen MR) is 140 cm³/mol. The van der Waals surface area contributed by atoms with Crippen LogP contribution in [0.15, 0.2) is 49.6 Å². The summed E-state index contributed by atoms with van der Waals surface area (Å²) < 4.78 is 19.0. The minimum atomic E-state index is -0.536. The van der Waals surface area contributed by atoms with Crippen molar-refractivity contribution in [1.82, 2.24) is 29.7 Å². The number of nitrogens with one attached hydrogen (secondary N) is 2. The van der Waals surface area contributed by atoms with Crippen molar-refractivity contribution >= 4 is 18.2 Å². The number of hydrogen-bond acceptors (Lipinski definition) is 8. The van der Waals surface area contributed by atoms with E-state index in [1.165, 1.54) is 0 Å². The van der Waals surface area contributed by atoms with Gasteiger partial charge in [-0.3, -0.25) is 4.79 Å². The van der Waals surface area contributed by atoms with Gasteiger partial charge in [-0.05, 0) is 32.1 Å². The number of ether oxygens (including phenoxy) is 3. The number of rotatable bonds is 20. The fourth-order valence-corrected chi connectivity index (χ4v) is 3.41. The minimum absolute atomic E-state index is 0.00542. The van der Waals surface area contributed by atoms with Gasteiger partial charge < -0.3 is 34.0 Å². The number of aromatic nitrogens is 4. The monoisotopic (exact) mass is 532 g/mol. The molecule has 210 valence electrons. The van der Waals surface area contributed by atoms with Gasteiger partial charge in [-0.25, -0.2) is 19.6 Å². The summed E-state index contributed by atoms with van der Waals surface area (Å²) in [6.07, 6.45) is 15.7. The van der Waals surface area contributed by atoms with Crippen molar-refractivity contribution in [2.24, 2.45) is 0 Å². The van der Waals surface area contributed by atoms with Gasteiger partial charge in [0, 0.05) is 51.0 Å². The van der Waals surface area contributed by atoms with Gasteiger partial charge in [0.1, 0.15) is 13.2 Å². The zero-order chi connectivity index (χ0) is 27.3. The van der Waals surface area contributed by atoms with E-state index in [9.17, 15) is 14.4 Å². The molecule has 0 aliphatic carbocycles. The van der Waals surface area contributed by atoms with Crippen LogP contribution in [0, 0.1) is 0 Å². The zero-order valence-electron chi connectivity index (χ0n) is 22.0. The number of esters is 1. The van der Waals surface area contributed by atoms with Crippen molar-refractivity contribution in [1.29, 1.82) is 0 Å². The van der Waals surface area contributed by atoms with Crippen LogP contribution < -0.4 is 10.6 Å². The maximum absolute atomic E-state index is 11.7. The molecular weight excluding hydrogens is 492 g/mol. The summed E-state index contributed by atoms with van der Waals surface area (Å²) in [5.74, 6) is -0.356. The molecule has 0 unspecified atom stereocenters. The SMILES string of the molecule is C=C(CCCOC(=O)NCCCCCCNC(=O)OCCOC(=O)CCn1ccnc1)CCn1ccnc1. The van der Waals surface area contributed by atoms with Crippen LogP contribution in [0.25, 0.3) is 0 Å². The summed E-state index contributed by atoms with van der Waals surface area (Å²) in [5, 5.41) is 5.42. The number of aryl methyl sites for hydroxylation is 2. The second-order valence-electron chi connectivity index (χ2n) is 8.71. The molecular formula is C26H40N6O6. The summed E-state index contributed by atoms with van der Waals surface area (Å²) in [6.45, 7) is 6.85. The number of alkyl carbamates (subject to hydrolysis) is 2. The fraction of sp³-hybridized carbons (Fsp3) is 0.577. The molecule has 0 fully saturated rings. The first-order chi connectivity index (χ1) is 18.5. The molecule has 2 aromatic rings. The third kappa shape index (κ3) is 15.3. The van der Waals surface area contributed by atoms with E-state index in [1.807, 2.05) is 10.8 Å². The summed E-state index contributed by atoms with van der Waals surface area (Å²) >= 11 is 0. The number of imidazole rings is 2. The van der Waals surface area contributed by atoms with E-state index in [1.54, 1.807) is 35.8 Å². The summed E-state index contributed by atoms with van der Waals surface area (Å²) in [4.78, 5) is 42.9. The van der Waals surface area contributed by atoms with Crippen molar-refractivity contribution in [3.05, 3.63) is 49.6 Å². The fourth-order valence-electron chi connectivity index (χ4n) is 3.41. The second-order valence-corrected chi connectivity index (χ2v) is 8.71. The molecule has 38 heavy (non-hydrogen) atoms. The van der Waals surface area contributed by atoms with E-state index in [0.717, 1.165) is 57.1 Å². The summed E-state index contributed by atoms with van der Waals surface area (Å²) in [6, 6.07) is 0. The normalized spacial score (nSPS) is 10.5. The first-order valence-corrected chi connectivity index (χ1v) is 13.1. The average Bonchev–Trinajstić information content (AvgIpc) is 3.63. The van der Waals surface area contributed by atoms with Crippen LogP contribution in [0.1, 0.15) is 51.4 Å². The number of allylic oxidation sites excluding steroid dienone is 1. The molecule has 12 nitrogen and oxygen atoms in total. The Bertz CT molecular complexity index is 856. The van der Waals surface area contributed by atoms with Crippen molar-refractivity contribution < 1.29 is 28.6 Å². The Balaban J connectivity index is 1.30. The highest BCUT2D eigenvalue weighted by Gasteiger charge is 2.06. The van der Waals surface area contributed by atoms with Crippen LogP contribution in [0.5, 0.6) is 0 Å². The Kier molecular flexibility index (Phi) is 15.4. The number of hydrogen-bond donors (Lipinski definition) is 2. The van der Waals surface area contributed by atoms with Crippen LogP contribution >= 0.6 is 0 Å². The first kappa shape index (κ1) is 30.4. The van der Waals surface area contributed by atoms with E-state index in [-0.39, 0.29) is 25.6 Å². The van der Waals surface area contributed by atoms with Crippen molar-refractivity contribution in [3.8, 4) is 0 Å². The van der Waals surface area contributed by atoms with Crippen LogP contribution in [0.3, 0.4) is 0 Å². The van der Waals surface area contributed by atoms with Crippen LogP contribution in [-0.4, -0.2) is 70.2 Å². The van der Waals surface area contributed by atoms with Crippen LogP contribution in [-0.2, 0) is 32.1 Å². The van der Waals surface area contributed by atoms with E-state index in [0.29, 0.717) is 26.2 Å². The molecule has 2 aromatic heterocycles. The molecule has 0 bridgehead atoms. The standard InChI is InChI=1S/C26H40N6O6/c1-23(8-14-31-16-12-27-21-31)7-6-18-37-25(34)29-10-4-2-3-5-11-30-26(35)38-20-19-36-24(33)9-15-32-17-13-28-22-32/h12-13,16-17,21-22H,1-11,14-15,18-20H2,(H,29,34)(H,30,35). The lowest BCUT2D eigenvalue weighted by atomic mass is 10.1. The van der Waals surface area contributed by atoms with E-state index in [4.69, 9.17) is 14.2 Å². The lowest BCUT2D eigenvalue weighted by Gasteiger charge is -2.09. The quantitative estimate of drug-likeness (QED) is 0.114. The summed E-state index contributed by atoms with van der Waals surface area (Å²) in [5.41, 5.74) is 1.13. The number of unbranched alkanes of at least 4 members (excludes halogenated alkanes) is 3. The van der Waals surface area contributed by atoms with Crippen molar-refractivity contribution in [2.75, 3.05) is 32.9 Å². The molecule has 0 aliphatic rings. The maximum Gasteiger partial charge on any atom is 0.407 e. The topological polar surface area (TPSA) is 139 Å². The Labute approximate surface area is 223 Å². The third-order valence-electron chi connectivity index (χ3n) is 5.55. The van der Waals surface area contributed by atoms with E-state index >= 15 is 0 Å². The highest BCUT2D eigenvalue weighted by molar-refractivity contribution is 5.69. The number of amides is 2. The Morgan fingerprint density at radius 2 is 1.24 bits per heavy atom. The van der Waals surface area contributed by atoms with Gasteiger partial charge in [-0.15, -0.1) is 0 Å². The Morgan fingerprint density at radius 3 is 1.82 bits per heavy atom.